The van der Waals surface area contributed by atoms with Gasteiger partial charge in [-0.2, -0.15) is 0 Å². The molecule has 0 bridgehead atoms. The summed E-state index contributed by atoms with van der Waals surface area (Å²) in [5, 5.41) is 9.62. The highest BCUT2D eigenvalue weighted by Crippen LogP contribution is 2.43. The van der Waals surface area contributed by atoms with E-state index in [1.165, 1.54) is 12.1 Å². The summed E-state index contributed by atoms with van der Waals surface area (Å²) >= 11 is 3.33. The molecule has 104 valence electrons. The number of carbonyl (C=O) groups is 1. The Morgan fingerprint density at radius 3 is 2.89 bits per heavy atom. The number of aliphatic carboxylic acids is 1. The van der Waals surface area contributed by atoms with Crippen molar-refractivity contribution < 1.29 is 14.3 Å². The molecule has 1 saturated carbocycles. The van der Waals surface area contributed by atoms with Crippen molar-refractivity contribution >= 4 is 21.9 Å². The Balaban J connectivity index is 2.28. The molecule has 2 atom stereocenters. The van der Waals surface area contributed by atoms with Crippen molar-refractivity contribution in [1.82, 2.24) is 0 Å². The lowest BCUT2D eigenvalue weighted by Crippen LogP contribution is -2.38. The quantitative estimate of drug-likeness (QED) is 0.892. The third-order valence-electron chi connectivity index (χ3n) is 4.09. The molecule has 1 fully saturated rings. The Morgan fingerprint density at radius 2 is 2.32 bits per heavy atom. The molecule has 1 N–H and O–H groups in total. The maximum Gasteiger partial charge on any atom is 0.309 e. The van der Waals surface area contributed by atoms with Crippen LogP contribution in [0.25, 0.3) is 0 Å². The van der Waals surface area contributed by atoms with Crippen molar-refractivity contribution in [3.05, 3.63) is 34.1 Å². The first-order chi connectivity index (χ1) is 8.93. The highest BCUT2D eigenvalue weighted by molar-refractivity contribution is 9.10. The number of hydrogen-bond acceptors (Lipinski definition) is 1. The first-order valence-corrected chi connectivity index (χ1v) is 7.39. The lowest BCUT2D eigenvalue weighted by molar-refractivity contribution is -0.152. The van der Waals surface area contributed by atoms with Crippen molar-refractivity contribution in [3.63, 3.8) is 0 Å². The van der Waals surface area contributed by atoms with Crippen LogP contribution in [0.3, 0.4) is 0 Å². The van der Waals surface area contributed by atoms with Gasteiger partial charge in [0.25, 0.3) is 0 Å². The van der Waals surface area contributed by atoms with Crippen molar-refractivity contribution in [2.24, 2.45) is 11.3 Å². The standard InChI is InChI=1S/C15H18BrFO2/c1-10-3-2-6-15(8-10,14(18)19)9-11-4-5-12(17)7-13(11)16/h4-5,7,10H,2-3,6,8-9H2,1H3,(H,18,19). The molecule has 19 heavy (non-hydrogen) atoms. The van der Waals surface area contributed by atoms with Gasteiger partial charge >= 0.3 is 5.97 Å². The molecule has 4 heteroatoms. The van der Waals surface area contributed by atoms with E-state index in [-0.39, 0.29) is 5.82 Å². The minimum absolute atomic E-state index is 0.308. The van der Waals surface area contributed by atoms with Crippen LogP contribution < -0.4 is 0 Å². The summed E-state index contributed by atoms with van der Waals surface area (Å²) in [4.78, 5) is 11.7. The van der Waals surface area contributed by atoms with Crippen LogP contribution in [0.15, 0.2) is 22.7 Å². The number of hydrogen-bond donors (Lipinski definition) is 1. The predicted octanol–water partition coefficient (Wildman–Crippen LogP) is 4.41. The van der Waals surface area contributed by atoms with Gasteiger partial charge in [-0.05, 0) is 42.9 Å². The summed E-state index contributed by atoms with van der Waals surface area (Å²) in [5.41, 5.74) is 0.177. The van der Waals surface area contributed by atoms with Gasteiger partial charge < -0.3 is 5.11 Å². The fraction of sp³-hybridized carbons (Fsp3) is 0.533. The normalized spacial score (nSPS) is 27.2. The fourth-order valence-corrected chi connectivity index (χ4v) is 3.61. The number of halogens is 2. The van der Waals surface area contributed by atoms with Gasteiger partial charge in [0.05, 0.1) is 5.41 Å². The number of carboxylic acids is 1. The highest BCUT2D eigenvalue weighted by Gasteiger charge is 2.42. The van der Waals surface area contributed by atoms with E-state index in [0.29, 0.717) is 29.7 Å². The lowest BCUT2D eigenvalue weighted by atomic mass is 9.67. The molecule has 0 aliphatic heterocycles. The van der Waals surface area contributed by atoms with E-state index in [1.807, 2.05) is 0 Å². The molecule has 1 aliphatic carbocycles. The summed E-state index contributed by atoms with van der Waals surface area (Å²) in [5.74, 6) is -0.601. The van der Waals surface area contributed by atoms with Crippen molar-refractivity contribution in [1.29, 1.82) is 0 Å². The summed E-state index contributed by atoms with van der Waals surface area (Å²) in [6.45, 7) is 2.11. The van der Waals surface area contributed by atoms with Crippen molar-refractivity contribution in [2.75, 3.05) is 0 Å². The van der Waals surface area contributed by atoms with Gasteiger partial charge in [-0.3, -0.25) is 4.79 Å². The zero-order valence-electron chi connectivity index (χ0n) is 11.0. The monoisotopic (exact) mass is 328 g/mol. The molecular formula is C15H18BrFO2. The number of carboxylic acid groups (broad SMARTS) is 1. The molecule has 0 radical (unpaired) electrons. The van der Waals surface area contributed by atoms with E-state index in [4.69, 9.17) is 0 Å². The van der Waals surface area contributed by atoms with Gasteiger partial charge in [-0.15, -0.1) is 0 Å². The van der Waals surface area contributed by atoms with Gasteiger partial charge in [0.15, 0.2) is 0 Å². The molecule has 1 aliphatic rings. The number of rotatable bonds is 3. The molecule has 0 aromatic heterocycles. The van der Waals surface area contributed by atoms with E-state index in [1.54, 1.807) is 6.07 Å². The van der Waals surface area contributed by atoms with Crippen LogP contribution in [-0.2, 0) is 11.2 Å². The zero-order chi connectivity index (χ0) is 14.0. The number of benzene rings is 1. The first-order valence-electron chi connectivity index (χ1n) is 6.60. The summed E-state index contributed by atoms with van der Waals surface area (Å²) in [6, 6.07) is 4.47. The fourth-order valence-electron chi connectivity index (χ4n) is 3.12. The van der Waals surface area contributed by atoms with Gasteiger partial charge in [-0.25, -0.2) is 4.39 Å². The molecule has 2 rings (SSSR count). The molecule has 0 saturated heterocycles. The summed E-state index contributed by atoms with van der Waals surface area (Å²) in [6.07, 6.45) is 3.92. The van der Waals surface area contributed by atoms with E-state index in [9.17, 15) is 14.3 Å². The van der Waals surface area contributed by atoms with Gasteiger partial charge in [0.1, 0.15) is 5.82 Å². The third-order valence-corrected chi connectivity index (χ3v) is 4.83. The predicted molar refractivity (Wildman–Crippen MR) is 75.5 cm³/mol. The van der Waals surface area contributed by atoms with Crippen LogP contribution in [0.5, 0.6) is 0 Å². The molecule has 2 unspecified atom stereocenters. The minimum atomic E-state index is -0.727. The Labute approximate surface area is 121 Å². The highest BCUT2D eigenvalue weighted by atomic mass is 79.9. The average molecular weight is 329 g/mol. The molecule has 2 nitrogen and oxygen atoms in total. The van der Waals surface area contributed by atoms with Crippen molar-refractivity contribution in [3.8, 4) is 0 Å². The second-order valence-electron chi connectivity index (χ2n) is 5.70. The van der Waals surface area contributed by atoms with Crippen LogP contribution in [0, 0.1) is 17.2 Å². The van der Waals surface area contributed by atoms with Crippen LogP contribution in [0.2, 0.25) is 0 Å². The zero-order valence-corrected chi connectivity index (χ0v) is 12.5. The van der Waals surface area contributed by atoms with E-state index in [0.717, 1.165) is 18.4 Å². The maximum atomic E-state index is 13.1. The summed E-state index contributed by atoms with van der Waals surface area (Å²) < 4.78 is 13.8. The topological polar surface area (TPSA) is 37.3 Å². The second-order valence-corrected chi connectivity index (χ2v) is 6.55. The van der Waals surface area contributed by atoms with E-state index >= 15 is 0 Å². The SMILES string of the molecule is CC1CCCC(Cc2ccc(F)cc2Br)(C(=O)O)C1. The smallest absolute Gasteiger partial charge is 0.309 e. The van der Waals surface area contributed by atoms with Gasteiger partial charge in [0.2, 0.25) is 0 Å². The molecule has 0 amide bonds. The molecule has 1 aromatic carbocycles. The molecule has 0 heterocycles. The van der Waals surface area contributed by atoms with E-state index < -0.39 is 11.4 Å². The Kier molecular flexibility index (Phi) is 4.29. The van der Waals surface area contributed by atoms with Crippen LogP contribution in [0.1, 0.15) is 38.2 Å². The second kappa shape index (κ2) is 5.61. The Hall–Kier alpha value is -0.900. The van der Waals surface area contributed by atoms with Crippen molar-refractivity contribution in [2.45, 2.75) is 39.0 Å². The lowest BCUT2D eigenvalue weighted by Gasteiger charge is -2.36. The van der Waals surface area contributed by atoms with Gasteiger partial charge in [0, 0.05) is 4.47 Å². The van der Waals surface area contributed by atoms with Crippen LogP contribution in [0.4, 0.5) is 4.39 Å². The first kappa shape index (κ1) is 14.5. The molecular weight excluding hydrogens is 311 g/mol. The van der Waals surface area contributed by atoms with Gasteiger partial charge in [-0.1, -0.05) is 41.8 Å². The largest absolute Gasteiger partial charge is 0.481 e. The molecule has 1 aromatic rings. The van der Waals surface area contributed by atoms with Crippen LogP contribution in [-0.4, -0.2) is 11.1 Å². The Morgan fingerprint density at radius 1 is 1.58 bits per heavy atom. The maximum absolute atomic E-state index is 13.1. The average Bonchev–Trinajstić information content (AvgIpc) is 2.33. The van der Waals surface area contributed by atoms with E-state index in [2.05, 4.69) is 22.9 Å². The van der Waals surface area contributed by atoms with Crippen LogP contribution >= 0.6 is 15.9 Å². The Bertz CT molecular complexity index is 489. The summed E-state index contributed by atoms with van der Waals surface area (Å²) in [7, 11) is 0. The molecule has 0 spiro atoms. The minimum Gasteiger partial charge on any atom is -0.481 e. The third kappa shape index (κ3) is 3.16.